The summed E-state index contributed by atoms with van der Waals surface area (Å²) in [5.74, 6) is 0.261. The summed E-state index contributed by atoms with van der Waals surface area (Å²) in [5, 5.41) is 10.6. The highest BCUT2D eigenvalue weighted by molar-refractivity contribution is 7.99. The number of sulfonamides is 1. The highest BCUT2D eigenvalue weighted by Gasteiger charge is 2.31. The Morgan fingerprint density at radius 2 is 2.05 bits per heavy atom. The molecule has 1 aliphatic heterocycles. The largest absolute Gasteiger partial charge is 0.397 e. The normalized spacial score (nSPS) is 17.4. The van der Waals surface area contributed by atoms with Crippen LogP contribution in [0.2, 0.25) is 0 Å². The molecule has 0 radical (unpaired) electrons. The number of hydrogen-bond donors (Lipinski definition) is 1. The fraction of sp³-hybridized carbons (Fsp3) is 0.455. The van der Waals surface area contributed by atoms with Crippen LogP contribution in [-0.4, -0.2) is 42.2 Å². The molecule has 1 aliphatic rings. The summed E-state index contributed by atoms with van der Waals surface area (Å²) in [6, 6.07) is 1.44. The lowest BCUT2D eigenvalue weighted by molar-refractivity contribution is -0.385. The summed E-state index contributed by atoms with van der Waals surface area (Å²) >= 11 is 1.63. The molecule has 0 spiro atoms. The maximum Gasteiger partial charge on any atom is 0.274 e. The minimum atomic E-state index is -4.09. The predicted octanol–water partition coefficient (Wildman–Crippen LogP) is 1.44. The van der Waals surface area contributed by atoms with E-state index >= 15 is 0 Å². The van der Waals surface area contributed by atoms with Crippen LogP contribution in [0.1, 0.15) is 6.42 Å². The zero-order valence-electron chi connectivity index (χ0n) is 11.0. The minimum Gasteiger partial charge on any atom is -0.397 e. The molecule has 10 heteroatoms. The zero-order chi connectivity index (χ0) is 15.6. The van der Waals surface area contributed by atoms with Gasteiger partial charge < -0.3 is 5.73 Å². The van der Waals surface area contributed by atoms with Gasteiger partial charge in [0.25, 0.3) is 5.69 Å². The van der Waals surface area contributed by atoms with Crippen LogP contribution in [0.4, 0.5) is 15.8 Å². The third-order valence-corrected chi connectivity index (χ3v) is 6.09. The SMILES string of the molecule is Nc1cc([N+](=O)[O-])cc(F)c1S(=O)(=O)N1CCCSCC1. The summed E-state index contributed by atoms with van der Waals surface area (Å²) in [4.78, 5) is 9.13. The van der Waals surface area contributed by atoms with Gasteiger partial charge in [0.1, 0.15) is 4.90 Å². The lowest BCUT2D eigenvalue weighted by Crippen LogP contribution is -2.34. The second-order valence-electron chi connectivity index (χ2n) is 4.47. The first-order valence-corrected chi connectivity index (χ1v) is 8.75. The average Bonchev–Trinajstić information content (AvgIpc) is 2.66. The smallest absolute Gasteiger partial charge is 0.274 e. The molecule has 0 atom stereocenters. The molecule has 116 valence electrons. The van der Waals surface area contributed by atoms with E-state index in [0.717, 1.165) is 11.8 Å². The number of non-ortho nitro benzene ring substituents is 1. The van der Waals surface area contributed by atoms with Crippen molar-refractivity contribution in [2.45, 2.75) is 11.3 Å². The van der Waals surface area contributed by atoms with Crippen LogP contribution in [-0.2, 0) is 10.0 Å². The van der Waals surface area contributed by atoms with Gasteiger partial charge in [-0.2, -0.15) is 16.1 Å². The highest BCUT2D eigenvalue weighted by atomic mass is 32.2. The topological polar surface area (TPSA) is 107 Å². The molecule has 21 heavy (non-hydrogen) atoms. The molecule has 1 fully saturated rings. The molecule has 0 unspecified atom stereocenters. The number of thioether (sulfide) groups is 1. The molecule has 0 aromatic heterocycles. The van der Waals surface area contributed by atoms with Crippen LogP contribution in [0.5, 0.6) is 0 Å². The molecule has 1 aromatic carbocycles. The standard InChI is InChI=1S/C11H14FN3O4S2/c12-9-6-8(15(16)17)7-10(13)11(9)21(18,19)14-2-1-4-20-5-3-14/h6-7H,1-5,13H2. The van der Waals surface area contributed by atoms with E-state index in [9.17, 15) is 22.9 Å². The first-order valence-electron chi connectivity index (χ1n) is 6.15. The number of nitro benzene ring substituents is 1. The van der Waals surface area contributed by atoms with Gasteiger partial charge in [0.05, 0.1) is 16.7 Å². The van der Waals surface area contributed by atoms with E-state index in [1.807, 2.05) is 0 Å². The number of benzene rings is 1. The number of rotatable bonds is 3. The minimum absolute atomic E-state index is 0.267. The van der Waals surface area contributed by atoms with E-state index in [0.29, 0.717) is 18.2 Å². The van der Waals surface area contributed by atoms with Gasteiger partial charge in [-0.3, -0.25) is 10.1 Å². The van der Waals surface area contributed by atoms with Crippen LogP contribution >= 0.6 is 11.8 Å². The van der Waals surface area contributed by atoms with E-state index in [1.165, 1.54) is 4.31 Å². The predicted molar refractivity (Wildman–Crippen MR) is 78.2 cm³/mol. The van der Waals surface area contributed by atoms with Crippen molar-refractivity contribution in [3.8, 4) is 0 Å². The van der Waals surface area contributed by atoms with E-state index < -0.39 is 37.0 Å². The molecule has 1 saturated heterocycles. The summed E-state index contributed by atoms with van der Waals surface area (Å²) < 4.78 is 40.2. The Morgan fingerprint density at radius 1 is 1.33 bits per heavy atom. The third kappa shape index (κ3) is 3.27. The lowest BCUT2D eigenvalue weighted by Gasteiger charge is -2.20. The summed E-state index contributed by atoms with van der Waals surface area (Å²) in [6.07, 6.45) is 0.665. The molecular weight excluding hydrogens is 321 g/mol. The monoisotopic (exact) mass is 335 g/mol. The van der Waals surface area contributed by atoms with Crippen LogP contribution in [0, 0.1) is 15.9 Å². The second-order valence-corrected chi connectivity index (χ2v) is 7.57. The van der Waals surface area contributed by atoms with Crippen molar-refractivity contribution in [1.82, 2.24) is 4.31 Å². The number of nitrogen functional groups attached to an aromatic ring is 1. The number of nitro groups is 1. The van der Waals surface area contributed by atoms with Crippen molar-refractivity contribution in [2.24, 2.45) is 0 Å². The van der Waals surface area contributed by atoms with Gasteiger partial charge in [0.15, 0.2) is 5.82 Å². The molecule has 7 nitrogen and oxygen atoms in total. The van der Waals surface area contributed by atoms with E-state index in [1.54, 1.807) is 11.8 Å². The molecule has 0 amide bonds. The Bertz CT molecular complexity index is 634. The first-order chi connectivity index (χ1) is 9.84. The van der Waals surface area contributed by atoms with Crippen LogP contribution in [0.15, 0.2) is 17.0 Å². The van der Waals surface area contributed by atoms with Crippen molar-refractivity contribution in [3.63, 3.8) is 0 Å². The van der Waals surface area contributed by atoms with Gasteiger partial charge in [-0.05, 0) is 12.2 Å². The number of hydrogen-bond acceptors (Lipinski definition) is 6. The summed E-state index contributed by atoms with van der Waals surface area (Å²) in [5.41, 5.74) is 4.52. The molecule has 0 aliphatic carbocycles. The van der Waals surface area contributed by atoms with Gasteiger partial charge >= 0.3 is 0 Å². The van der Waals surface area contributed by atoms with Crippen molar-refractivity contribution >= 4 is 33.2 Å². The van der Waals surface area contributed by atoms with Gasteiger partial charge in [0.2, 0.25) is 10.0 Å². The second kappa shape index (κ2) is 6.16. The Hall–Kier alpha value is -1.39. The van der Waals surface area contributed by atoms with Crippen molar-refractivity contribution < 1.29 is 17.7 Å². The van der Waals surface area contributed by atoms with E-state index in [2.05, 4.69) is 0 Å². The van der Waals surface area contributed by atoms with Gasteiger partial charge in [-0.15, -0.1) is 0 Å². The molecule has 2 N–H and O–H groups in total. The average molecular weight is 335 g/mol. The lowest BCUT2D eigenvalue weighted by atomic mass is 10.3. The van der Waals surface area contributed by atoms with Crippen molar-refractivity contribution in [1.29, 1.82) is 0 Å². The van der Waals surface area contributed by atoms with Crippen LogP contribution in [0.3, 0.4) is 0 Å². The van der Waals surface area contributed by atoms with E-state index in [-0.39, 0.29) is 13.1 Å². The molecule has 0 bridgehead atoms. The highest BCUT2D eigenvalue weighted by Crippen LogP contribution is 2.30. The Balaban J connectivity index is 2.46. The summed E-state index contributed by atoms with van der Waals surface area (Å²) in [6.45, 7) is 0.550. The Morgan fingerprint density at radius 3 is 2.67 bits per heavy atom. The molecule has 0 saturated carbocycles. The summed E-state index contributed by atoms with van der Waals surface area (Å²) in [7, 11) is -4.09. The molecule has 1 aromatic rings. The zero-order valence-corrected chi connectivity index (χ0v) is 12.6. The van der Waals surface area contributed by atoms with Crippen LogP contribution < -0.4 is 5.73 Å². The van der Waals surface area contributed by atoms with Crippen LogP contribution in [0.25, 0.3) is 0 Å². The molecule has 2 rings (SSSR count). The molecular formula is C11H14FN3O4S2. The maximum absolute atomic E-state index is 14.0. The van der Waals surface area contributed by atoms with Gasteiger partial charge in [-0.1, -0.05) is 0 Å². The van der Waals surface area contributed by atoms with E-state index in [4.69, 9.17) is 5.73 Å². The van der Waals surface area contributed by atoms with Gasteiger partial charge in [-0.25, -0.2) is 12.8 Å². The van der Waals surface area contributed by atoms with Crippen molar-refractivity contribution in [2.75, 3.05) is 30.3 Å². The number of halogens is 1. The maximum atomic E-state index is 14.0. The molecule has 1 heterocycles. The Kier molecular flexibility index (Phi) is 4.69. The Labute approximate surface area is 125 Å². The fourth-order valence-electron chi connectivity index (χ4n) is 2.07. The number of nitrogens with zero attached hydrogens (tertiary/aromatic N) is 2. The quantitative estimate of drug-likeness (QED) is 0.509. The number of anilines is 1. The van der Waals surface area contributed by atoms with Gasteiger partial charge in [0, 0.05) is 24.9 Å². The van der Waals surface area contributed by atoms with Crippen molar-refractivity contribution in [3.05, 3.63) is 28.1 Å². The first kappa shape index (κ1) is 16.0. The third-order valence-electron chi connectivity index (χ3n) is 3.05. The number of nitrogens with two attached hydrogens (primary N) is 1. The fourth-order valence-corrected chi connectivity index (χ4v) is 4.69.